The van der Waals surface area contributed by atoms with E-state index in [0.717, 1.165) is 9.13 Å². The van der Waals surface area contributed by atoms with Crippen molar-refractivity contribution in [3.63, 3.8) is 0 Å². The largest absolute Gasteiger partial charge is 0.332 e. The number of thiocarbonyl (C=S) groups is 1. The van der Waals surface area contributed by atoms with E-state index in [0.29, 0.717) is 27.5 Å². The van der Waals surface area contributed by atoms with Gasteiger partial charge in [0, 0.05) is 20.5 Å². The van der Waals surface area contributed by atoms with E-state index < -0.39 is 5.91 Å². The molecule has 0 spiro atoms. The fourth-order valence-corrected chi connectivity index (χ4v) is 3.91. The molecule has 3 aromatic rings. The number of hydrogen-bond donors (Lipinski definition) is 3. The Morgan fingerprint density at radius 3 is 2.15 bits per heavy atom. The molecule has 5 nitrogen and oxygen atoms in total. The van der Waals surface area contributed by atoms with Crippen LogP contribution in [0.1, 0.15) is 47.1 Å². The van der Waals surface area contributed by atoms with Gasteiger partial charge in [-0.25, -0.2) is 0 Å². The summed E-state index contributed by atoms with van der Waals surface area (Å²) >= 11 is 13.5. The summed E-state index contributed by atoms with van der Waals surface area (Å²) in [5.41, 5.74) is 3.30. The van der Waals surface area contributed by atoms with Crippen molar-refractivity contribution in [2.24, 2.45) is 0 Å². The number of carbonyl (C=O) groups excluding carboxylic acids is 2. The zero-order valence-corrected chi connectivity index (χ0v) is 22.1. The Morgan fingerprint density at radius 1 is 0.879 bits per heavy atom. The maximum atomic E-state index is 12.6. The van der Waals surface area contributed by atoms with Crippen LogP contribution >= 0.6 is 46.4 Å². The molecular weight excluding hydrogens is 569 g/mol. The number of anilines is 2. The van der Waals surface area contributed by atoms with Gasteiger partial charge < -0.3 is 10.6 Å². The number of rotatable bonds is 4. The maximum Gasteiger partial charge on any atom is 0.258 e. The molecule has 3 aromatic carbocycles. The maximum absolute atomic E-state index is 12.6. The molecule has 0 aliphatic carbocycles. The standard InChI is InChI=1S/C25H23ClIN3O2S/c1-25(2,3)16-9-7-15(8-10-16)22(31)28-18-5-4-6-19(14-18)29-24(33)30-23(32)20-13-17(27)11-12-21(20)26/h4-14H,1-3H3,(H,28,31)(H2,29,30,32,33). The van der Waals surface area contributed by atoms with Gasteiger partial charge in [-0.05, 0) is 94.3 Å². The predicted molar refractivity (Wildman–Crippen MR) is 147 cm³/mol. The molecular formula is C25H23ClIN3O2S. The van der Waals surface area contributed by atoms with Crippen molar-refractivity contribution in [1.82, 2.24) is 5.32 Å². The Kier molecular flexibility index (Phi) is 8.10. The Bertz CT molecular complexity index is 1210. The first-order valence-corrected chi connectivity index (χ1v) is 12.0. The zero-order chi connectivity index (χ0) is 24.2. The molecule has 2 amide bonds. The lowest BCUT2D eigenvalue weighted by molar-refractivity contribution is 0.0976. The second-order valence-electron chi connectivity index (χ2n) is 8.39. The van der Waals surface area contributed by atoms with Crippen LogP contribution in [-0.2, 0) is 5.41 Å². The minimum absolute atomic E-state index is 0.0210. The van der Waals surface area contributed by atoms with Crippen molar-refractivity contribution in [2.75, 3.05) is 10.6 Å². The smallest absolute Gasteiger partial charge is 0.258 e. The summed E-state index contributed by atoms with van der Waals surface area (Å²) in [5, 5.41) is 8.93. The molecule has 0 heterocycles. The highest BCUT2D eigenvalue weighted by Crippen LogP contribution is 2.23. The van der Waals surface area contributed by atoms with E-state index in [1.807, 2.05) is 30.3 Å². The van der Waals surface area contributed by atoms with Crippen LogP contribution < -0.4 is 16.0 Å². The number of hydrogen-bond acceptors (Lipinski definition) is 3. The third-order valence-electron chi connectivity index (χ3n) is 4.79. The normalized spacial score (nSPS) is 10.9. The Hall–Kier alpha value is -2.49. The molecule has 3 N–H and O–H groups in total. The first-order valence-electron chi connectivity index (χ1n) is 10.1. The molecule has 0 aliphatic rings. The Balaban J connectivity index is 1.63. The minimum atomic E-state index is -0.404. The fraction of sp³-hybridized carbons (Fsp3) is 0.160. The van der Waals surface area contributed by atoms with E-state index in [4.69, 9.17) is 23.8 Å². The number of amides is 2. The van der Waals surface area contributed by atoms with E-state index in [9.17, 15) is 9.59 Å². The summed E-state index contributed by atoms with van der Waals surface area (Å²) in [6.45, 7) is 6.38. The summed E-state index contributed by atoms with van der Waals surface area (Å²) < 4.78 is 0.887. The molecule has 0 fully saturated rings. The van der Waals surface area contributed by atoms with Crippen molar-refractivity contribution in [1.29, 1.82) is 0 Å². The lowest BCUT2D eigenvalue weighted by Crippen LogP contribution is -2.34. The topological polar surface area (TPSA) is 70.2 Å². The van der Waals surface area contributed by atoms with Crippen molar-refractivity contribution >= 4 is 74.7 Å². The third-order valence-corrected chi connectivity index (χ3v) is 6.00. The highest BCUT2D eigenvalue weighted by atomic mass is 127. The van der Waals surface area contributed by atoms with Crippen LogP contribution in [0.3, 0.4) is 0 Å². The van der Waals surface area contributed by atoms with Gasteiger partial charge in [0.2, 0.25) is 0 Å². The number of carbonyl (C=O) groups is 2. The monoisotopic (exact) mass is 591 g/mol. The summed E-state index contributed by atoms with van der Waals surface area (Å²) in [4.78, 5) is 25.1. The van der Waals surface area contributed by atoms with Crippen LogP contribution in [0.15, 0.2) is 66.7 Å². The van der Waals surface area contributed by atoms with Crippen molar-refractivity contribution in [3.8, 4) is 0 Å². The Labute approximate surface area is 217 Å². The van der Waals surface area contributed by atoms with E-state index >= 15 is 0 Å². The molecule has 33 heavy (non-hydrogen) atoms. The van der Waals surface area contributed by atoms with Crippen molar-refractivity contribution < 1.29 is 9.59 Å². The van der Waals surface area contributed by atoms with Gasteiger partial charge in [0.1, 0.15) is 0 Å². The highest BCUT2D eigenvalue weighted by Gasteiger charge is 2.15. The van der Waals surface area contributed by atoms with Crippen molar-refractivity contribution in [3.05, 3.63) is 92.0 Å². The quantitative estimate of drug-likeness (QED) is 0.236. The molecule has 0 bridgehead atoms. The minimum Gasteiger partial charge on any atom is -0.332 e. The van der Waals surface area contributed by atoms with Gasteiger partial charge >= 0.3 is 0 Å². The first-order chi connectivity index (χ1) is 15.5. The van der Waals surface area contributed by atoms with Crippen molar-refractivity contribution in [2.45, 2.75) is 26.2 Å². The average Bonchev–Trinajstić information content (AvgIpc) is 2.75. The number of nitrogens with one attached hydrogen (secondary N) is 3. The van der Waals surface area contributed by atoms with Gasteiger partial charge in [0.15, 0.2) is 5.11 Å². The first kappa shape index (κ1) is 25.1. The van der Waals surface area contributed by atoms with E-state index in [1.54, 1.807) is 36.4 Å². The van der Waals surface area contributed by atoms with Crippen LogP contribution in [0.5, 0.6) is 0 Å². The van der Waals surface area contributed by atoms with Gasteiger partial charge in [0.25, 0.3) is 11.8 Å². The second-order valence-corrected chi connectivity index (χ2v) is 10.5. The highest BCUT2D eigenvalue weighted by molar-refractivity contribution is 14.1. The summed E-state index contributed by atoms with van der Waals surface area (Å²) in [7, 11) is 0. The molecule has 0 saturated heterocycles. The molecule has 170 valence electrons. The lowest BCUT2D eigenvalue weighted by Gasteiger charge is -2.19. The molecule has 8 heteroatoms. The van der Waals surface area contributed by atoms with Crippen LogP contribution in [0, 0.1) is 3.57 Å². The molecule has 0 aromatic heterocycles. The Morgan fingerprint density at radius 2 is 1.52 bits per heavy atom. The van der Waals surface area contributed by atoms with Crippen LogP contribution in [-0.4, -0.2) is 16.9 Å². The molecule has 0 unspecified atom stereocenters. The molecule has 0 radical (unpaired) electrons. The van der Waals surface area contributed by atoms with E-state index in [2.05, 4.69) is 59.3 Å². The van der Waals surface area contributed by atoms with Gasteiger partial charge in [0.05, 0.1) is 10.6 Å². The van der Waals surface area contributed by atoms with Crippen LogP contribution in [0.4, 0.5) is 11.4 Å². The molecule has 0 atom stereocenters. The molecule has 3 rings (SSSR count). The second kappa shape index (κ2) is 10.6. The van der Waals surface area contributed by atoms with E-state index in [1.165, 1.54) is 0 Å². The predicted octanol–water partition coefficient (Wildman–Crippen LogP) is 6.62. The van der Waals surface area contributed by atoms with Gasteiger partial charge in [-0.15, -0.1) is 0 Å². The number of benzene rings is 3. The fourth-order valence-electron chi connectivity index (χ4n) is 3.00. The lowest BCUT2D eigenvalue weighted by atomic mass is 9.87. The molecule has 0 aliphatic heterocycles. The zero-order valence-electron chi connectivity index (χ0n) is 18.3. The summed E-state index contributed by atoms with van der Waals surface area (Å²) in [5.74, 6) is -0.615. The van der Waals surface area contributed by atoms with Gasteiger partial charge in [-0.2, -0.15) is 0 Å². The molecule has 0 saturated carbocycles. The summed E-state index contributed by atoms with van der Waals surface area (Å²) in [6, 6.07) is 19.8. The number of halogens is 2. The SMILES string of the molecule is CC(C)(C)c1ccc(C(=O)Nc2cccc(NC(=S)NC(=O)c3cc(I)ccc3Cl)c2)cc1. The van der Waals surface area contributed by atoms with Gasteiger partial charge in [-0.1, -0.05) is 50.6 Å². The third kappa shape index (κ3) is 6.99. The van der Waals surface area contributed by atoms with Gasteiger partial charge in [-0.3, -0.25) is 14.9 Å². The summed E-state index contributed by atoms with van der Waals surface area (Å²) in [6.07, 6.45) is 0. The van der Waals surface area contributed by atoms with Crippen LogP contribution in [0.2, 0.25) is 5.02 Å². The average molecular weight is 592 g/mol. The van der Waals surface area contributed by atoms with Crippen LogP contribution in [0.25, 0.3) is 0 Å². The van der Waals surface area contributed by atoms with E-state index in [-0.39, 0.29) is 16.4 Å².